The Kier molecular flexibility index (Phi) is 15.0. The Balaban J connectivity index is -0.000000750. The zero-order chi connectivity index (χ0) is 11.5. The van der Waals surface area contributed by atoms with E-state index in [9.17, 15) is 0 Å². The summed E-state index contributed by atoms with van der Waals surface area (Å²) in [4.78, 5) is 0. The smallest absolute Gasteiger partial charge is 1.00 e. The molecule has 0 N–H and O–H groups in total. The molecule has 0 aliphatic heterocycles. The maximum atomic E-state index is 2.41. The first-order valence-corrected chi connectivity index (χ1v) is 9.53. The second kappa shape index (κ2) is 11.1. The summed E-state index contributed by atoms with van der Waals surface area (Å²) in [7, 11) is 0.251. The Morgan fingerprint density at radius 1 is 1.22 bits per heavy atom. The van der Waals surface area contributed by atoms with Crippen molar-refractivity contribution in [3.63, 3.8) is 0 Å². The molecule has 0 saturated carbocycles. The van der Waals surface area contributed by atoms with Gasteiger partial charge in [-0.2, -0.15) is 0 Å². The first-order valence-electron chi connectivity index (χ1n) is 5.61. The molecule has 0 bridgehead atoms. The SMILES string of the molecule is CP(C)C[CH]([V+3][C]1=CC=CC1)C(C)(C)C.[Cl-].[Cl-].[Cl-]. The van der Waals surface area contributed by atoms with Crippen molar-refractivity contribution in [2.45, 2.75) is 31.8 Å². The van der Waals surface area contributed by atoms with Crippen LogP contribution in [0.25, 0.3) is 0 Å². The van der Waals surface area contributed by atoms with Crippen LogP contribution in [-0.2, 0) is 16.3 Å². The summed E-state index contributed by atoms with van der Waals surface area (Å²) in [6.07, 6.45) is 9.57. The minimum atomic E-state index is 0. The number of halogens is 3. The summed E-state index contributed by atoms with van der Waals surface area (Å²) >= 11 is 0.403. The largest absolute Gasteiger partial charge is 1.00 e. The van der Waals surface area contributed by atoms with Gasteiger partial charge in [0.2, 0.25) is 0 Å². The van der Waals surface area contributed by atoms with Gasteiger partial charge in [-0.25, -0.2) is 0 Å². The normalized spacial score (nSPS) is 14.9. The van der Waals surface area contributed by atoms with Gasteiger partial charge < -0.3 is 37.2 Å². The fraction of sp³-hybridized carbons (Fsp3) is 0.692. The van der Waals surface area contributed by atoms with Crippen molar-refractivity contribution in [1.82, 2.24) is 0 Å². The second-order valence-electron chi connectivity index (χ2n) is 5.56. The van der Waals surface area contributed by atoms with Crippen LogP contribution in [0.4, 0.5) is 0 Å². The van der Waals surface area contributed by atoms with E-state index < -0.39 is 0 Å². The third-order valence-electron chi connectivity index (χ3n) is 2.61. The number of allylic oxidation sites excluding steroid dienone is 4. The fourth-order valence-corrected chi connectivity index (χ4v) is 6.65. The monoisotopic (exact) mass is 366 g/mol. The minimum absolute atomic E-state index is 0. The van der Waals surface area contributed by atoms with Crippen LogP contribution < -0.4 is 37.2 Å². The number of rotatable bonds is 4. The van der Waals surface area contributed by atoms with Crippen molar-refractivity contribution in [2.75, 3.05) is 19.5 Å². The maximum Gasteiger partial charge on any atom is -1.00 e. The summed E-state index contributed by atoms with van der Waals surface area (Å²) < 4.78 is 2.67. The van der Waals surface area contributed by atoms with E-state index in [1.54, 1.807) is 4.28 Å². The Labute approximate surface area is 140 Å². The Morgan fingerprint density at radius 2 is 1.78 bits per heavy atom. The second-order valence-corrected chi connectivity index (χ2v) is 10.4. The molecule has 1 aliphatic rings. The molecule has 0 aromatic carbocycles. The molecule has 0 amide bonds. The van der Waals surface area contributed by atoms with Crippen LogP contribution in [0.15, 0.2) is 22.5 Å². The van der Waals surface area contributed by atoms with E-state index in [4.69, 9.17) is 0 Å². The van der Waals surface area contributed by atoms with Crippen molar-refractivity contribution < 1.29 is 53.5 Å². The molecule has 1 aliphatic carbocycles. The van der Waals surface area contributed by atoms with E-state index in [-0.39, 0.29) is 45.1 Å². The standard InChI is InChI=1S/C8H18P.C5H5.3ClH.V/c1-8(2,3)6-7-9(4)5;1-2-4-5-3-1;;;;/h6H,7H2,1-5H3;1-3H,4H2;3*1H;/q;;;;;+3/p-3. The van der Waals surface area contributed by atoms with Gasteiger partial charge in [0.25, 0.3) is 0 Å². The van der Waals surface area contributed by atoms with Gasteiger partial charge >= 0.3 is 103 Å². The van der Waals surface area contributed by atoms with E-state index in [0.717, 1.165) is 4.63 Å². The molecule has 1 atom stereocenters. The molecule has 0 spiro atoms. The van der Waals surface area contributed by atoms with Gasteiger partial charge in [-0.1, -0.05) is 0 Å². The average molecular weight is 368 g/mol. The van der Waals surface area contributed by atoms with E-state index in [1.807, 2.05) is 0 Å². The van der Waals surface area contributed by atoms with Crippen molar-refractivity contribution in [2.24, 2.45) is 5.41 Å². The van der Waals surface area contributed by atoms with Gasteiger partial charge in [-0.15, -0.1) is 0 Å². The molecule has 0 nitrogen and oxygen atoms in total. The van der Waals surface area contributed by atoms with Crippen LogP contribution >= 0.6 is 7.92 Å². The molecule has 5 heteroatoms. The van der Waals surface area contributed by atoms with Crippen molar-refractivity contribution >= 4 is 7.92 Å². The van der Waals surface area contributed by atoms with E-state index in [1.165, 1.54) is 12.6 Å². The van der Waals surface area contributed by atoms with Gasteiger partial charge in [0.1, 0.15) is 0 Å². The first kappa shape index (κ1) is 24.4. The topological polar surface area (TPSA) is 0 Å². The predicted octanol–water partition coefficient (Wildman–Crippen LogP) is -4.50. The first-order chi connectivity index (χ1) is 6.89. The fourth-order valence-electron chi connectivity index (χ4n) is 1.59. The molecule has 0 aromatic rings. The van der Waals surface area contributed by atoms with Crippen LogP contribution in [0.1, 0.15) is 27.2 Å². The zero-order valence-electron chi connectivity index (χ0n) is 11.8. The molecule has 1 unspecified atom stereocenters. The van der Waals surface area contributed by atoms with Crippen LogP contribution in [0.5, 0.6) is 0 Å². The molecule has 0 fully saturated rings. The van der Waals surface area contributed by atoms with Crippen molar-refractivity contribution in [3.8, 4) is 0 Å². The Bertz CT molecular complexity index is 270. The molecule has 0 radical (unpaired) electrons. The van der Waals surface area contributed by atoms with Gasteiger partial charge in [0, 0.05) is 0 Å². The summed E-state index contributed by atoms with van der Waals surface area (Å²) in [5, 5.41) is 0. The van der Waals surface area contributed by atoms with Crippen molar-refractivity contribution in [1.29, 1.82) is 0 Å². The molecule has 0 saturated heterocycles. The summed E-state index contributed by atoms with van der Waals surface area (Å²) in [5.41, 5.74) is 0.496. The van der Waals surface area contributed by atoms with Gasteiger partial charge in [-0.3, -0.25) is 0 Å². The molecular formula is C13H23Cl3PV. The van der Waals surface area contributed by atoms with Crippen LogP contribution in [0, 0.1) is 5.41 Å². The van der Waals surface area contributed by atoms with Crippen LogP contribution in [0.3, 0.4) is 0 Å². The van der Waals surface area contributed by atoms with E-state index in [0.29, 0.717) is 21.7 Å². The summed E-state index contributed by atoms with van der Waals surface area (Å²) in [6.45, 7) is 12.1. The Morgan fingerprint density at radius 3 is 2.11 bits per heavy atom. The third kappa shape index (κ3) is 9.30. The van der Waals surface area contributed by atoms with E-state index >= 15 is 0 Å². The molecule has 1 rings (SSSR count). The van der Waals surface area contributed by atoms with Crippen molar-refractivity contribution in [3.05, 3.63) is 22.5 Å². The molecule has 0 heterocycles. The zero-order valence-corrected chi connectivity index (χ0v) is 16.3. The summed E-state index contributed by atoms with van der Waals surface area (Å²) in [5.74, 6) is 0. The number of hydrogen-bond donors (Lipinski definition) is 0. The van der Waals surface area contributed by atoms with Gasteiger partial charge in [-0.05, 0) is 0 Å². The van der Waals surface area contributed by atoms with E-state index in [2.05, 4.69) is 52.3 Å². The molecule has 18 heavy (non-hydrogen) atoms. The summed E-state index contributed by atoms with van der Waals surface area (Å²) in [6, 6.07) is 0. The third-order valence-corrected chi connectivity index (χ3v) is 7.18. The average Bonchev–Trinajstić information content (AvgIpc) is 2.53. The van der Waals surface area contributed by atoms with Gasteiger partial charge in [0.05, 0.1) is 0 Å². The number of hydrogen-bond acceptors (Lipinski definition) is 0. The quantitative estimate of drug-likeness (QED) is 0.440. The molecule has 106 valence electrons. The minimum Gasteiger partial charge on any atom is -1.00 e. The molecule has 0 aromatic heterocycles. The van der Waals surface area contributed by atoms with Crippen LogP contribution in [-0.4, -0.2) is 19.5 Å². The Hall–Kier alpha value is 1.36. The maximum absolute atomic E-state index is 2.41. The van der Waals surface area contributed by atoms with Crippen LogP contribution in [0.2, 0.25) is 4.63 Å². The predicted molar refractivity (Wildman–Crippen MR) is 68.7 cm³/mol. The van der Waals surface area contributed by atoms with Gasteiger partial charge in [0.15, 0.2) is 0 Å². The molecular weight excluding hydrogens is 344 g/mol.